The lowest BCUT2D eigenvalue weighted by atomic mass is 9.90. The van der Waals surface area contributed by atoms with Gasteiger partial charge in [-0.25, -0.2) is 0 Å². The van der Waals surface area contributed by atoms with Gasteiger partial charge in [0.25, 0.3) is 0 Å². The molecule has 1 aliphatic rings. The summed E-state index contributed by atoms with van der Waals surface area (Å²) in [5, 5.41) is 0. The molecule has 1 aromatic carbocycles. The van der Waals surface area contributed by atoms with Gasteiger partial charge in [-0.05, 0) is 54.9 Å². The van der Waals surface area contributed by atoms with Crippen LogP contribution in [0.25, 0.3) is 0 Å². The van der Waals surface area contributed by atoms with Crippen LogP contribution in [0.15, 0.2) is 22.7 Å². The number of methoxy groups -OCH3 is 1. The highest BCUT2D eigenvalue weighted by atomic mass is 79.9. The molecule has 0 radical (unpaired) electrons. The van der Waals surface area contributed by atoms with Crippen LogP contribution in [0.4, 0.5) is 0 Å². The molecule has 2 rings (SSSR count). The molecule has 3 unspecified atom stereocenters. The van der Waals surface area contributed by atoms with Crippen LogP contribution < -0.4 is 4.74 Å². The third kappa shape index (κ3) is 3.05. The van der Waals surface area contributed by atoms with Crippen molar-refractivity contribution in [2.75, 3.05) is 7.11 Å². The minimum atomic E-state index is 0.686. The molecule has 3 heteroatoms. The zero-order valence-electron chi connectivity index (χ0n) is 10.2. The molecule has 1 aromatic rings. The fraction of sp³-hybridized carbons (Fsp3) is 0.571. The highest BCUT2D eigenvalue weighted by molar-refractivity contribution is 9.10. The predicted molar refractivity (Wildman–Crippen MR) is 79.0 cm³/mol. The quantitative estimate of drug-likeness (QED) is 0.702. The number of hydrogen-bond donors (Lipinski definition) is 0. The van der Waals surface area contributed by atoms with E-state index in [1.807, 2.05) is 12.1 Å². The Balaban J connectivity index is 2.15. The van der Waals surface area contributed by atoms with Crippen molar-refractivity contribution >= 4 is 31.9 Å². The third-order valence-corrected chi connectivity index (χ3v) is 5.64. The van der Waals surface area contributed by atoms with Gasteiger partial charge in [-0.1, -0.05) is 38.8 Å². The molecule has 0 aromatic heterocycles. The van der Waals surface area contributed by atoms with Crippen LogP contribution in [0.1, 0.15) is 25.3 Å². The summed E-state index contributed by atoms with van der Waals surface area (Å²) in [4.78, 5) is 0.686. The standard InChI is InChI=1S/C14H18Br2O/c1-9-10(3-5-13(9)16)7-11-8-12(15)4-6-14(11)17-2/h4,6,8-10,13H,3,5,7H2,1-2H3. The minimum Gasteiger partial charge on any atom is -0.496 e. The van der Waals surface area contributed by atoms with E-state index in [9.17, 15) is 0 Å². The molecule has 1 saturated carbocycles. The van der Waals surface area contributed by atoms with Crippen LogP contribution in [0.2, 0.25) is 0 Å². The molecule has 1 nitrogen and oxygen atoms in total. The van der Waals surface area contributed by atoms with Crippen molar-refractivity contribution in [3.05, 3.63) is 28.2 Å². The Bertz CT molecular complexity index is 392. The second-order valence-electron chi connectivity index (χ2n) is 4.87. The maximum atomic E-state index is 5.44. The van der Waals surface area contributed by atoms with Crippen LogP contribution >= 0.6 is 31.9 Å². The Hall–Kier alpha value is -0.0200. The maximum Gasteiger partial charge on any atom is 0.122 e. The lowest BCUT2D eigenvalue weighted by molar-refractivity contribution is 0.388. The summed E-state index contributed by atoms with van der Waals surface area (Å²) in [6.07, 6.45) is 3.72. The second kappa shape index (κ2) is 5.75. The van der Waals surface area contributed by atoms with E-state index >= 15 is 0 Å². The minimum absolute atomic E-state index is 0.686. The van der Waals surface area contributed by atoms with Crippen molar-refractivity contribution in [2.45, 2.75) is 31.0 Å². The molecule has 0 heterocycles. The van der Waals surface area contributed by atoms with Gasteiger partial charge in [0.1, 0.15) is 5.75 Å². The monoisotopic (exact) mass is 360 g/mol. The average molecular weight is 362 g/mol. The summed E-state index contributed by atoms with van der Waals surface area (Å²) >= 11 is 7.30. The highest BCUT2D eigenvalue weighted by Gasteiger charge is 2.31. The van der Waals surface area contributed by atoms with Crippen LogP contribution in [0, 0.1) is 11.8 Å². The number of benzene rings is 1. The van der Waals surface area contributed by atoms with Crippen molar-refractivity contribution in [3.63, 3.8) is 0 Å². The van der Waals surface area contributed by atoms with E-state index in [1.165, 1.54) is 18.4 Å². The maximum absolute atomic E-state index is 5.44. The van der Waals surface area contributed by atoms with Gasteiger partial charge in [-0.3, -0.25) is 0 Å². The van der Waals surface area contributed by atoms with E-state index in [0.29, 0.717) is 4.83 Å². The van der Waals surface area contributed by atoms with Crippen molar-refractivity contribution < 1.29 is 4.74 Å². The lowest BCUT2D eigenvalue weighted by Gasteiger charge is -2.19. The first-order valence-corrected chi connectivity index (χ1v) is 7.79. The number of halogens is 2. The molecule has 1 aliphatic carbocycles. The topological polar surface area (TPSA) is 9.23 Å². The van der Waals surface area contributed by atoms with Gasteiger partial charge in [0.2, 0.25) is 0 Å². The summed E-state index contributed by atoms with van der Waals surface area (Å²) < 4.78 is 6.57. The van der Waals surface area contributed by atoms with Crippen molar-refractivity contribution in [1.82, 2.24) is 0 Å². The van der Waals surface area contributed by atoms with E-state index in [2.05, 4.69) is 44.8 Å². The number of ether oxygens (including phenoxy) is 1. The molecule has 1 fully saturated rings. The molecule has 0 bridgehead atoms. The van der Waals surface area contributed by atoms with Gasteiger partial charge in [0.15, 0.2) is 0 Å². The molecule has 0 saturated heterocycles. The van der Waals surface area contributed by atoms with E-state index in [1.54, 1.807) is 7.11 Å². The summed E-state index contributed by atoms with van der Waals surface area (Å²) in [5.41, 5.74) is 1.32. The molecule has 94 valence electrons. The molecule has 3 atom stereocenters. The highest BCUT2D eigenvalue weighted by Crippen LogP contribution is 2.39. The van der Waals surface area contributed by atoms with E-state index < -0.39 is 0 Å². The number of rotatable bonds is 3. The normalized spacial score (nSPS) is 28.4. The van der Waals surface area contributed by atoms with Gasteiger partial charge in [-0.15, -0.1) is 0 Å². The smallest absolute Gasteiger partial charge is 0.122 e. The van der Waals surface area contributed by atoms with Crippen molar-refractivity contribution in [1.29, 1.82) is 0 Å². The van der Waals surface area contributed by atoms with Gasteiger partial charge in [0.05, 0.1) is 7.11 Å². The lowest BCUT2D eigenvalue weighted by Crippen LogP contribution is -2.13. The Kier molecular flexibility index (Phi) is 4.53. The van der Waals surface area contributed by atoms with Gasteiger partial charge in [0, 0.05) is 9.30 Å². The van der Waals surface area contributed by atoms with E-state index in [0.717, 1.165) is 28.5 Å². The molecular weight excluding hydrogens is 344 g/mol. The zero-order chi connectivity index (χ0) is 12.4. The van der Waals surface area contributed by atoms with Crippen LogP contribution in [0.3, 0.4) is 0 Å². The van der Waals surface area contributed by atoms with Crippen LogP contribution in [-0.2, 0) is 6.42 Å². The first-order valence-electron chi connectivity index (χ1n) is 6.08. The van der Waals surface area contributed by atoms with E-state index in [-0.39, 0.29) is 0 Å². The average Bonchev–Trinajstić information content (AvgIpc) is 2.61. The Morgan fingerprint density at radius 3 is 2.71 bits per heavy atom. The van der Waals surface area contributed by atoms with E-state index in [4.69, 9.17) is 4.74 Å². The first kappa shape index (κ1) is 13.4. The fourth-order valence-electron chi connectivity index (χ4n) is 2.67. The van der Waals surface area contributed by atoms with Crippen molar-refractivity contribution in [2.24, 2.45) is 11.8 Å². The van der Waals surface area contributed by atoms with Gasteiger partial charge in [-0.2, -0.15) is 0 Å². The first-order chi connectivity index (χ1) is 8.11. The third-order valence-electron chi connectivity index (χ3n) is 3.85. The number of hydrogen-bond acceptors (Lipinski definition) is 1. The Labute approximate surface area is 120 Å². The molecule has 0 N–H and O–H groups in total. The SMILES string of the molecule is COc1ccc(Br)cc1CC1CCC(Br)C1C. The summed E-state index contributed by atoms with van der Waals surface area (Å²) in [7, 11) is 1.75. The molecule has 17 heavy (non-hydrogen) atoms. The predicted octanol–water partition coefficient (Wildman–Crippen LogP) is 4.81. The summed E-state index contributed by atoms with van der Waals surface area (Å²) in [6, 6.07) is 6.27. The Morgan fingerprint density at radius 2 is 2.12 bits per heavy atom. The van der Waals surface area contributed by atoms with Gasteiger partial charge < -0.3 is 4.74 Å². The fourth-order valence-corrected chi connectivity index (χ4v) is 3.78. The number of alkyl halides is 1. The molecule has 0 spiro atoms. The second-order valence-corrected chi connectivity index (χ2v) is 6.96. The molecule has 0 amide bonds. The zero-order valence-corrected chi connectivity index (χ0v) is 13.4. The summed E-state index contributed by atoms with van der Waals surface area (Å²) in [6.45, 7) is 2.35. The van der Waals surface area contributed by atoms with Crippen LogP contribution in [-0.4, -0.2) is 11.9 Å². The molecular formula is C14H18Br2O. The largest absolute Gasteiger partial charge is 0.496 e. The van der Waals surface area contributed by atoms with Crippen molar-refractivity contribution in [3.8, 4) is 5.75 Å². The molecule has 0 aliphatic heterocycles. The van der Waals surface area contributed by atoms with Crippen LogP contribution in [0.5, 0.6) is 5.75 Å². The summed E-state index contributed by atoms with van der Waals surface area (Å²) in [5.74, 6) is 2.53. The van der Waals surface area contributed by atoms with Gasteiger partial charge >= 0.3 is 0 Å². The Morgan fingerprint density at radius 1 is 1.35 bits per heavy atom.